The van der Waals surface area contributed by atoms with E-state index in [1.165, 1.54) is 0 Å². The van der Waals surface area contributed by atoms with E-state index in [9.17, 15) is 14.4 Å². The van der Waals surface area contributed by atoms with E-state index < -0.39 is 0 Å². The minimum absolute atomic E-state index is 0.000849. The van der Waals surface area contributed by atoms with Crippen molar-refractivity contribution in [3.05, 3.63) is 17.5 Å². The third-order valence-corrected chi connectivity index (χ3v) is 5.64. The molecular weight excluding hydrogens is 346 g/mol. The van der Waals surface area contributed by atoms with Crippen molar-refractivity contribution in [1.29, 1.82) is 0 Å². The second-order valence-corrected chi connectivity index (χ2v) is 7.55. The van der Waals surface area contributed by atoms with Crippen LogP contribution in [0.15, 0.2) is 6.07 Å². The third kappa shape index (κ3) is 4.14. The van der Waals surface area contributed by atoms with Crippen LogP contribution in [0.1, 0.15) is 48.8 Å². The Labute approximate surface area is 159 Å². The van der Waals surface area contributed by atoms with Gasteiger partial charge in [0.05, 0.1) is 11.6 Å². The molecule has 0 radical (unpaired) electrons. The quantitative estimate of drug-likeness (QED) is 0.783. The molecule has 1 aromatic heterocycles. The highest BCUT2D eigenvalue weighted by Gasteiger charge is 2.38. The van der Waals surface area contributed by atoms with Crippen LogP contribution < -0.4 is 5.32 Å². The molecular formula is C19H29N5O3. The Morgan fingerprint density at radius 2 is 1.96 bits per heavy atom. The summed E-state index contributed by atoms with van der Waals surface area (Å²) in [5, 5.41) is 7.22. The Morgan fingerprint density at radius 3 is 2.63 bits per heavy atom. The van der Waals surface area contributed by atoms with Gasteiger partial charge in [-0.3, -0.25) is 19.1 Å². The minimum atomic E-state index is -0.143. The zero-order valence-corrected chi connectivity index (χ0v) is 16.4. The number of aromatic nitrogens is 2. The topological polar surface area (TPSA) is 87.5 Å². The summed E-state index contributed by atoms with van der Waals surface area (Å²) in [6.45, 7) is 5.40. The van der Waals surface area contributed by atoms with Crippen molar-refractivity contribution in [2.75, 3.05) is 26.2 Å². The molecule has 2 unspecified atom stereocenters. The Kier molecular flexibility index (Phi) is 5.82. The molecule has 0 spiro atoms. The number of rotatable bonds is 1. The summed E-state index contributed by atoms with van der Waals surface area (Å²) < 4.78 is 1.59. The van der Waals surface area contributed by atoms with Gasteiger partial charge in [-0.15, -0.1) is 0 Å². The van der Waals surface area contributed by atoms with Crippen LogP contribution in [0.3, 0.4) is 0 Å². The Morgan fingerprint density at radius 1 is 1.19 bits per heavy atom. The molecule has 2 atom stereocenters. The first kappa shape index (κ1) is 19.4. The summed E-state index contributed by atoms with van der Waals surface area (Å²) in [5.74, 6) is -0.245. The third-order valence-electron chi connectivity index (χ3n) is 5.64. The van der Waals surface area contributed by atoms with E-state index in [4.69, 9.17) is 0 Å². The number of amides is 3. The minimum Gasteiger partial charge on any atom is -0.354 e. The second kappa shape index (κ2) is 8.10. The van der Waals surface area contributed by atoms with Crippen LogP contribution in [0.2, 0.25) is 0 Å². The number of carbonyl (C=O) groups excluding carboxylic acids is 3. The van der Waals surface area contributed by atoms with E-state index in [-0.39, 0.29) is 29.7 Å². The first-order valence-corrected chi connectivity index (χ1v) is 9.73. The van der Waals surface area contributed by atoms with Crippen LogP contribution in [0.4, 0.5) is 0 Å². The van der Waals surface area contributed by atoms with Crippen molar-refractivity contribution < 1.29 is 14.4 Å². The maximum absolute atomic E-state index is 12.9. The van der Waals surface area contributed by atoms with Gasteiger partial charge in [-0.25, -0.2) is 0 Å². The van der Waals surface area contributed by atoms with Gasteiger partial charge in [0.1, 0.15) is 5.69 Å². The van der Waals surface area contributed by atoms with Gasteiger partial charge in [0.15, 0.2) is 0 Å². The lowest BCUT2D eigenvalue weighted by Gasteiger charge is -2.31. The molecule has 0 bridgehead atoms. The molecule has 1 saturated carbocycles. The summed E-state index contributed by atoms with van der Waals surface area (Å²) in [5.41, 5.74) is 1.33. The standard InChI is InChI=1S/C19H29N5O3/c1-13-12-17(22(3)21-13)19(27)23-9-5-10-24(14(2)25)16-7-4-6-15(16)18(26)20-8-11-23/h12,15-16H,4-11H2,1-3H3,(H,20,26). The van der Waals surface area contributed by atoms with Crippen molar-refractivity contribution in [2.45, 2.75) is 45.6 Å². The molecule has 27 heavy (non-hydrogen) atoms. The molecule has 8 heteroatoms. The van der Waals surface area contributed by atoms with Gasteiger partial charge in [-0.1, -0.05) is 6.42 Å². The monoisotopic (exact) mass is 375 g/mol. The molecule has 1 aliphatic carbocycles. The molecule has 1 N–H and O–H groups in total. The highest BCUT2D eigenvalue weighted by Crippen LogP contribution is 2.30. The largest absolute Gasteiger partial charge is 0.354 e. The van der Waals surface area contributed by atoms with E-state index in [0.29, 0.717) is 38.3 Å². The normalized spacial score (nSPS) is 24.2. The van der Waals surface area contributed by atoms with E-state index in [1.807, 2.05) is 11.8 Å². The van der Waals surface area contributed by atoms with Gasteiger partial charge in [0, 0.05) is 46.2 Å². The number of carbonyl (C=O) groups is 3. The van der Waals surface area contributed by atoms with Gasteiger partial charge in [-0.05, 0) is 32.3 Å². The lowest BCUT2D eigenvalue weighted by molar-refractivity contribution is -0.134. The average Bonchev–Trinajstić information content (AvgIpc) is 3.21. The number of nitrogens with zero attached hydrogens (tertiary/aromatic N) is 4. The van der Waals surface area contributed by atoms with E-state index in [2.05, 4.69) is 10.4 Å². The van der Waals surface area contributed by atoms with Gasteiger partial charge < -0.3 is 15.1 Å². The molecule has 148 valence electrons. The summed E-state index contributed by atoms with van der Waals surface area (Å²) in [7, 11) is 1.76. The number of hydrogen-bond acceptors (Lipinski definition) is 4. The zero-order chi connectivity index (χ0) is 19.6. The van der Waals surface area contributed by atoms with Crippen molar-refractivity contribution >= 4 is 17.7 Å². The van der Waals surface area contributed by atoms with Gasteiger partial charge in [0.2, 0.25) is 11.8 Å². The summed E-state index contributed by atoms with van der Waals surface area (Å²) in [6, 6.07) is 1.75. The Hall–Kier alpha value is -2.38. The number of nitrogens with one attached hydrogen (secondary N) is 1. The maximum atomic E-state index is 12.9. The predicted octanol–water partition coefficient (Wildman–Crippen LogP) is 0.708. The van der Waals surface area contributed by atoms with Crippen molar-refractivity contribution in [1.82, 2.24) is 24.9 Å². The molecule has 3 amide bonds. The molecule has 1 saturated heterocycles. The first-order valence-electron chi connectivity index (χ1n) is 9.73. The zero-order valence-electron chi connectivity index (χ0n) is 16.4. The smallest absolute Gasteiger partial charge is 0.272 e. The van der Waals surface area contributed by atoms with Crippen LogP contribution >= 0.6 is 0 Å². The number of hydrogen-bond donors (Lipinski definition) is 1. The highest BCUT2D eigenvalue weighted by atomic mass is 16.2. The van der Waals surface area contributed by atoms with E-state index >= 15 is 0 Å². The fourth-order valence-electron chi connectivity index (χ4n) is 4.34. The van der Waals surface area contributed by atoms with Gasteiger partial charge in [-0.2, -0.15) is 5.10 Å². The maximum Gasteiger partial charge on any atom is 0.272 e. The summed E-state index contributed by atoms with van der Waals surface area (Å²) in [6.07, 6.45) is 3.35. The van der Waals surface area contributed by atoms with Crippen molar-refractivity contribution in [2.24, 2.45) is 13.0 Å². The Bertz CT molecular complexity index is 729. The molecule has 3 rings (SSSR count). The lowest BCUT2D eigenvalue weighted by Crippen LogP contribution is -2.46. The summed E-state index contributed by atoms with van der Waals surface area (Å²) in [4.78, 5) is 41.3. The first-order chi connectivity index (χ1) is 12.9. The SMILES string of the molecule is CC(=O)N1CCCN(C(=O)c2cc(C)nn2C)CCNC(=O)C2CCCC21. The van der Waals surface area contributed by atoms with Crippen LogP contribution in [-0.2, 0) is 16.6 Å². The van der Waals surface area contributed by atoms with Crippen molar-refractivity contribution in [3.63, 3.8) is 0 Å². The van der Waals surface area contributed by atoms with Crippen LogP contribution in [0.5, 0.6) is 0 Å². The number of aryl methyl sites for hydroxylation is 2. The molecule has 0 aromatic carbocycles. The molecule has 2 heterocycles. The molecule has 1 aliphatic heterocycles. The molecule has 1 aromatic rings. The van der Waals surface area contributed by atoms with Crippen LogP contribution in [-0.4, -0.2) is 69.5 Å². The molecule has 8 nitrogen and oxygen atoms in total. The lowest BCUT2D eigenvalue weighted by atomic mass is 10.0. The fraction of sp³-hybridized carbons (Fsp3) is 0.684. The molecule has 2 fully saturated rings. The van der Waals surface area contributed by atoms with E-state index in [0.717, 1.165) is 25.0 Å². The van der Waals surface area contributed by atoms with Crippen LogP contribution in [0.25, 0.3) is 0 Å². The van der Waals surface area contributed by atoms with Crippen LogP contribution in [0, 0.1) is 12.8 Å². The van der Waals surface area contributed by atoms with E-state index in [1.54, 1.807) is 29.6 Å². The molecule has 2 aliphatic rings. The number of fused-ring (bicyclic) bond motifs is 1. The highest BCUT2D eigenvalue weighted by molar-refractivity contribution is 5.92. The average molecular weight is 375 g/mol. The van der Waals surface area contributed by atoms with Gasteiger partial charge in [0.25, 0.3) is 5.91 Å². The van der Waals surface area contributed by atoms with Gasteiger partial charge >= 0.3 is 0 Å². The van der Waals surface area contributed by atoms with Crippen molar-refractivity contribution in [3.8, 4) is 0 Å². The predicted molar refractivity (Wildman–Crippen MR) is 100.0 cm³/mol. The Balaban J connectivity index is 1.77. The summed E-state index contributed by atoms with van der Waals surface area (Å²) >= 11 is 0. The second-order valence-electron chi connectivity index (χ2n) is 7.55. The fourth-order valence-corrected chi connectivity index (χ4v) is 4.34.